The quantitative estimate of drug-likeness (QED) is 0.843. The topological polar surface area (TPSA) is 63.6 Å². The van der Waals surface area contributed by atoms with E-state index in [9.17, 15) is 8.42 Å². The van der Waals surface area contributed by atoms with E-state index in [4.69, 9.17) is 9.29 Å². The van der Waals surface area contributed by atoms with Crippen LogP contribution in [0.2, 0.25) is 0 Å². The van der Waals surface area contributed by atoms with Crippen molar-refractivity contribution in [3.63, 3.8) is 0 Å². The van der Waals surface area contributed by atoms with Gasteiger partial charge in [0, 0.05) is 13.2 Å². The average molecular weight is 258 g/mol. The van der Waals surface area contributed by atoms with Crippen molar-refractivity contribution < 1.29 is 17.7 Å². The lowest BCUT2D eigenvalue weighted by molar-refractivity contribution is 0.162. The third-order valence-corrected chi connectivity index (χ3v) is 2.75. The monoisotopic (exact) mass is 258 g/mol. The zero-order valence-electron chi connectivity index (χ0n) is 10.1. The summed E-state index contributed by atoms with van der Waals surface area (Å²) in [5, 5.41) is 0. The molecule has 0 aliphatic rings. The summed E-state index contributed by atoms with van der Waals surface area (Å²) in [5.41, 5.74) is 0.403. The van der Waals surface area contributed by atoms with Crippen molar-refractivity contribution in [2.24, 2.45) is 0 Å². The first-order chi connectivity index (χ1) is 7.97. The van der Waals surface area contributed by atoms with Gasteiger partial charge in [-0.2, -0.15) is 8.42 Å². The second-order valence-electron chi connectivity index (χ2n) is 3.00. The molecule has 0 radical (unpaired) electrons. The Bertz CT molecular complexity index is 436. The molecular formula is C12H18O4S. The Morgan fingerprint density at radius 3 is 2.12 bits per heavy atom. The summed E-state index contributed by atoms with van der Waals surface area (Å²) in [6.07, 6.45) is 1.38. The van der Waals surface area contributed by atoms with Gasteiger partial charge in [-0.25, -0.2) is 0 Å². The van der Waals surface area contributed by atoms with E-state index in [2.05, 4.69) is 6.58 Å². The molecular weight excluding hydrogens is 240 g/mol. The van der Waals surface area contributed by atoms with Crippen molar-refractivity contribution in [2.45, 2.75) is 18.7 Å². The van der Waals surface area contributed by atoms with Gasteiger partial charge in [0.1, 0.15) is 4.90 Å². The zero-order valence-corrected chi connectivity index (χ0v) is 10.9. The van der Waals surface area contributed by atoms with Crippen LogP contribution in [-0.4, -0.2) is 26.2 Å². The first-order valence-electron chi connectivity index (χ1n) is 5.24. The van der Waals surface area contributed by atoms with E-state index in [1.807, 2.05) is 13.8 Å². The normalized spacial score (nSPS) is 10.3. The molecule has 0 spiro atoms. The van der Waals surface area contributed by atoms with Crippen molar-refractivity contribution in [1.82, 2.24) is 0 Å². The maximum absolute atomic E-state index is 10.7. The van der Waals surface area contributed by atoms with Gasteiger partial charge >= 0.3 is 0 Å². The number of benzene rings is 1. The molecule has 17 heavy (non-hydrogen) atoms. The van der Waals surface area contributed by atoms with Crippen molar-refractivity contribution in [3.05, 3.63) is 36.4 Å². The molecule has 0 saturated carbocycles. The molecule has 0 aromatic heterocycles. The zero-order chi connectivity index (χ0) is 13.3. The van der Waals surface area contributed by atoms with E-state index < -0.39 is 10.1 Å². The lowest BCUT2D eigenvalue weighted by Gasteiger charge is -2.00. The second-order valence-corrected chi connectivity index (χ2v) is 4.39. The molecule has 1 rings (SSSR count). The second kappa shape index (κ2) is 8.00. The summed E-state index contributed by atoms with van der Waals surface area (Å²) in [6, 6.07) is 6.10. The summed E-state index contributed by atoms with van der Waals surface area (Å²) in [4.78, 5) is -0.111. The van der Waals surface area contributed by atoms with Gasteiger partial charge < -0.3 is 4.74 Å². The van der Waals surface area contributed by atoms with E-state index in [0.29, 0.717) is 5.56 Å². The van der Waals surface area contributed by atoms with Crippen LogP contribution in [0.1, 0.15) is 19.4 Å². The number of hydrogen-bond donors (Lipinski definition) is 1. The van der Waals surface area contributed by atoms with Crippen LogP contribution in [0.15, 0.2) is 35.7 Å². The molecule has 1 N–H and O–H groups in total. The van der Waals surface area contributed by atoms with E-state index in [1.54, 1.807) is 12.1 Å². The molecule has 0 atom stereocenters. The highest BCUT2D eigenvalue weighted by Crippen LogP contribution is 2.15. The first kappa shape index (κ1) is 15.8. The molecule has 0 aliphatic heterocycles. The third kappa shape index (κ3) is 6.21. The van der Waals surface area contributed by atoms with E-state index >= 15 is 0 Å². The molecule has 1 aromatic rings. The predicted molar refractivity (Wildman–Crippen MR) is 68.5 cm³/mol. The smallest absolute Gasteiger partial charge is 0.295 e. The van der Waals surface area contributed by atoms with Gasteiger partial charge in [0.15, 0.2) is 0 Å². The van der Waals surface area contributed by atoms with Gasteiger partial charge in [-0.1, -0.05) is 30.9 Å². The minimum Gasteiger partial charge on any atom is -0.382 e. The third-order valence-electron chi connectivity index (χ3n) is 1.83. The Kier molecular flexibility index (Phi) is 7.45. The van der Waals surface area contributed by atoms with Gasteiger partial charge in [0.25, 0.3) is 10.1 Å². The highest BCUT2D eigenvalue weighted by Gasteiger charge is 2.11. The summed E-state index contributed by atoms with van der Waals surface area (Å²) in [6.45, 7) is 9.10. The molecule has 0 heterocycles. The van der Waals surface area contributed by atoms with E-state index in [-0.39, 0.29) is 4.90 Å². The van der Waals surface area contributed by atoms with Gasteiger partial charge in [0.2, 0.25) is 0 Å². The fourth-order valence-electron chi connectivity index (χ4n) is 1.09. The molecule has 0 saturated heterocycles. The largest absolute Gasteiger partial charge is 0.382 e. The Morgan fingerprint density at radius 2 is 1.82 bits per heavy atom. The molecule has 0 aliphatic carbocycles. The van der Waals surface area contributed by atoms with Crippen LogP contribution in [0, 0.1) is 0 Å². The summed E-state index contributed by atoms with van der Waals surface area (Å²) >= 11 is 0. The van der Waals surface area contributed by atoms with Gasteiger partial charge in [-0.15, -0.1) is 0 Å². The van der Waals surface area contributed by atoms with Crippen molar-refractivity contribution >= 4 is 16.2 Å². The summed E-state index contributed by atoms with van der Waals surface area (Å²) in [5.74, 6) is 0. The number of hydrogen-bond acceptors (Lipinski definition) is 3. The van der Waals surface area contributed by atoms with Crippen LogP contribution in [0.25, 0.3) is 6.08 Å². The Balaban J connectivity index is 0.000000437. The minimum absolute atomic E-state index is 0.111. The van der Waals surface area contributed by atoms with Crippen molar-refractivity contribution in [1.29, 1.82) is 0 Å². The number of ether oxygens (including phenoxy) is 1. The number of rotatable bonds is 4. The maximum Gasteiger partial charge on any atom is 0.295 e. The summed E-state index contributed by atoms with van der Waals surface area (Å²) < 4.78 is 35.0. The van der Waals surface area contributed by atoms with Crippen LogP contribution in [0.5, 0.6) is 0 Å². The lowest BCUT2D eigenvalue weighted by atomic mass is 10.2. The van der Waals surface area contributed by atoms with Crippen LogP contribution in [0.3, 0.4) is 0 Å². The van der Waals surface area contributed by atoms with Crippen LogP contribution in [-0.2, 0) is 14.9 Å². The van der Waals surface area contributed by atoms with Gasteiger partial charge in [-0.3, -0.25) is 4.55 Å². The highest BCUT2D eigenvalue weighted by molar-refractivity contribution is 7.85. The lowest BCUT2D eigenvalue weighted by Crippen LogP contribution is -1.99. The van der Waals surface area contributed by atoms with Crippen molar-refractivity contribution in [3.8, 4) is 0 Å². The molecule has 1 aromatic carbocycles. The van der Waals surface area contributed by atoms with Crippen LogP contribution < -0.4 is 0 Å². The Hall–Kier alpha value is -1.17. The fourth-order valence-corrected chi connectivity index (χ4v) is 1.79. The van der Waals surface area contributed by atoms with E-state index in [1.165, 1.54) is 18.2 Å². The summed E-state index contributed by atoms with van der Waals surface area (Å²) in [7, 11) is -4.12. The minimum atomic E-state index is -4.12. The maximum atomic E-state index is 10.7. The standard InChI is InChI=1S/C8H8O3S.C4H10O/c1-2-7-5-3-4-6-8(7)12(9,10)11;1-3-5-4-2/h2-6H,1H2,(H,9,10,11);3-4H2,1-2H3. The van der Waals surface area contributed by atoms with Crippen LogP contribution in [0.4, 0.5) is 0 Å². The van der Waals surface area contributed by atoms with Gasteiger partial charge in [0.05, 0.1) is 0 Å². The predicted octanol–water partition coefficient (Wildman–Crippen LogP) is 2.62. The van der Waals surface area contributed by atoms with Crippen LogP contribution >= 0.6 is 0 Å². The Morgan fingerprint density at radius 1 is 1.29 bits per heavy atom. The molecule has 5 heteroatoms. The molecule has 0 amide bonds. The average Bonchev–Trinajstić information content (AvgIpc) is 2.30. The SMILES string of the molecule is C=Cc1ccccc1S(=O)(=O)O.CCOCC. The van der Waals surface area contributed by atoms with Crippen molar-refractivity contribution in [2.75, 3.05) is 13.2 Å². The highest BCUT2D eigenvalue weighted by atomic mass is 32.2. The molecule has 96 valence electrons. The molecule has 4 nitrogen and oxygen atoms in total. The van der Waals surface area contributed by atoms with Gasteiger partial charge in [-0.05, 0) is 25.5 Å². The molecule has 0 unspecified atom stereocenters. The molecule has 0 bridgehead atoms. The molecule has 0 fully saturated rings. The first-order valence-corrected chi connectivity index (χ1v) is 6.68. The Labute approximate surface area is 103 Å². The van der Waals surface area contributed by atoms with E-state index in [0.717, 1.165) is 13.2 Å². The fraction of sp³-hybridized carbons (Fsp3) is 0.333.